The van der Waals surface area contributed by atoms with Gasteiger partial charge in [0.1, 0.15) is 10.8 Å². The summed E-state index contributed by atoms with van der Waals surface area (Å²) in [5, 5.41) is 0.693. The molecule has 0 fully saturated rings. The molecule has 0 bridgehead atoms. The first-order valence-electron chi connectivity index (χ1n) is 7.82. The SMILES string of the molecule is Cc1cc(-c2sc(-c3cncc(F)c3)nc2C)nc(-c2ncccn2)n1. The second-order valence-corrected chi connectivity index (χ2v) is 6.62. The van der Waals surface area contributed by atoms with Crippen molar-refractivity contribution >= 4 is 11.3 Å². The van der Waals surface area contributed by atoms with Crippen molar-refractivity contribution in [1.29, 1.82) is 0 Å². The molecule has 26 heavy (non-hydrogen) atoms. The number of nitrogens with zero attached hydrogens (tertiary/aromatic N) is 6. The van der Waals surface area contributed by atoms with Crippen LogP contribution in [-0.2, 0) is 0 Å². The van der Waals surface area contributed by atoms with Crippen LogP contribution in [0.5, 0.6) is 0 Å². The predicted molar refractivity (Wildman–Crippen MR) is 96.8 cm³/mol. The molecule has 0 saturated heterocycles. The lowest BCUT2D eigenvalue weighted by Crippen LogP contribution is -1.98. The highest BCUT2D eigenvalue weighted by molar-refractivity contribution is 7.18. The quantitative estimate of drug-likeness (QED) is 0.549. The van der Waals surface area contributed by atoms with E-state index in [2.05, 4.69) is 29.9 Å². The van der Waals surface area contributed by atoms with E-state index in [1.54, 1.807) is 24.7 Å². The minimum atomic E-state index is -0.390. The van der Waals surface area contributed by atoms with Crippen LogP contribution in [-0.4, -0.2) is 29.9 Å². The summed E-state index contributed by atoms with van der Waals surface area (Å²) in [6.45, 7) is 3.80. The van der Waals surface area contributed by atoms with Gasteiger partial charge in [-0.05, 0) is 32.0 Å². The molecule has 0 unspecified atom stereocenters. The third kappa shape index (κ3) is 3.18. The summed E-state index contributed by atoms with van der Waals surface area (Å²) >= 11 is 1.44. The Morgan fingerprint density at radius 1 is 0.923 bits per heavy atom. The summed E-state index contributed by atoms with van der Waals surface area (Å²) in [5.41, 5.74) is 3.00. The van der Waals surface area contributed by atoms with Gasteiger partial charge in [0.2, 0.25) is 0 Å². The molecule has 0 N–H and O–H groups in total. The molecule has 4 aromatic rings. The predicted octanol–water partition coefficient (Wildman–Crippen LogP) is 3.88. The monoisotopic (exact) mass is 364 g/mol. The maximum Gasteiger partial charge on any atom is 0.198 e. The normalized spacial score (nSPS) is 10.9. The minimum absolute atomic E-state index is 0.390. The molecule has 0 aliphatic heterocycles. The molecule has 8 heteroatoms. The van der Waals surface area contributed by atoms with Crippen molar-refractivity contribution in [3.63, 3.8) is 0 Å². The smallest absolute Gasteiger partial charge is 0.198 e. The van der Waals surface area contributed by atoms with E-state index in [1.807, 2.05) is 19.9 Å². The van der Waals surface area contributed by atoms with E-state index in [4.69, 9.17) is 0 Å². The van der Waals surface area contributed by atoms with Crippen molar-refractivity contribution in [3.05, 3.63) is 60.2 Å². The lowest BCUT2D eigenvalue weighted by Gasteiger charge is -2.04. The standard InChI is InChI=1S/C18H13FN6S/c1-10-6-14(25-17(23-10)16-21-4-3-5-22-16)15-11(2)24-18(26-15)12-7-13(19)9-20-8-12/h3-9H,1-2H3. The molecule has 4 rings (SSSR count). The average Bonchev–Trinajstić information content (AvgIpc) is 3.04. The number of aryl methyl sites for hydroxylation is 2. The maximum atomic E-state index is 13.5. The van der Waals surface area contributed by atoms with Crippen LogP contribution in [0.1, 0.15) is 11.4 Å². The summed E-state index contributed by atoms with van der Waals surface area (Å²) in [5.74, 6) is 0.537. The first kappa shape index (κ1) is 16.3. The van der Waals surface area contributed by atoms with Crippen LogP contribution >= 0.6 is 11.3 Å². The lowest BCUT2D eigenvalue weighted by molar-refractivity contribution is 0.622. The number of hydrogen-bond acceptors (Lipinski definition) is 7. The molecule has 6 nitrogen and oxygen atoms in total. The minimum Gasteiger partial charge on any atom is -0.261 e. The number of pyridine rings is 1. The van der Waals surface area contributed by atoms with Crippen molar-refractivity contribution in [2.75, 3.05) is 0 Å². The van der Waals surface area contributed by atoms with Crippen molar-refractivity contribution in [2.45, 2.75) is 13.8 Å². The van der Waals surface area contributed by atoms with E-state index in [1.165, 1.54) is 23.6 Å². The Morgan fingerprint density at radius 3 is 2.50 bits per heavy atom. The van der Waals surface area contributed by atoms with Crippen LogP contribution < -0.4 is 0 Å². The highest BCUT2D eigenvalue weighted by Gasteiger charge is 2.16. The zero-order valence-electron chi connectivity index (χ0n) is 14.0. The van der Waals surface area contributed by atoms with Crippen molar-refractivity contribution in [1.82, 2.24) is 29.9 Å². The zero-order valence-corrected chi connectivity index (χ0v) is 14.8. The van der Waals surface area contributed by atoms with Gasteiger partial charge in [-0.15, -0.1) is 11.3 Å². The Labute approximate surface area is 152 Å². The summed E-state index contributed by atoms with van der Waals surface area (Å²) in [6, 6.07) is 5.05. The Bertz CT molecular complexity index is 1080. The van der Waals surface area contributed by atoms with Crippen LogP contribution in [0.3, 0.4) is 0 Å². The van der Waals surface area contributed by atoms with E-state index >= 15 is 0 Å². The summed E-state index contributed by atoms with van der Waals surface area (Å²) in [7, 11) is 0. The van der Waals surface area contributed by atoms with Crippen LogP contribution in [0.4, 0.5) is 4.39 Å². The summed E-state index contributed by atoms with van der Waals surface area (Å²) in [6.07, 6.45) is 6.08. The molecule has 0 aliphatic rings. The number of aromatic nitrogens is 6. The van der Waals surface area contributed by atoms with Gasteiger partial charge < -0.3 is 0 Å². The maximum absolute atomic E-state index is 13.5. The van der Waals surface area contributed by atoms with Gasteiger partial charge >= 0.3 is 0 Å². The number of rotatable bonds is 3. The molecule has 0 amide bonds. The molecule has 0 saturated carbocycles. The van der Waals surface area contributed by atoms with E-state index in [9.17, 15) is 4.39 Å². The van der Waals surface area contributed by atoms with Gasteiger partial charge in [-0.2, -0.15) is 0 Å². The van der Waals surface area contributed by atoms with E-state index in [0.29, 0.717) is 22.2 Å². The van der Waals surface area contributed by atoms with Crippen LogP contribution in [0.2, 0.25) is 0 Å². The van der Waals surface area contributed by atoms with Gasteiger partial charge in [0, 0.05) is 29.8 Å². The van der Waals surface area contributed by atoms with Crippen molar-refractivity contribution in [3.8, 4) is 32.8 Å². The molecular formula is C18H13FN6S. The molecular weight excluding hydrogens is 351 g/mol. The first-order valence-corrected chi connectivity index (χ1v) is 8.63. The van der Waals surface area contributed by atoms with E-state index in [0.717, 1.165) is 22.0 Å². The molecule has 0 spiro atoms. The topological polar surface area (TPSA) is 77.3 Å². The zero-order chi connectivity index (χ0) is 18.1. The second kappa shape index (κ2) is 6.64. The van der Waals surface area contributed by atoms with E-state index in [-0.39, 0.29) is 0 Å². The largest absolute Gasteiger partial charge is 0.261 e. The number of halogens is 1. The molecule has 4 aromatic heterocycles. The van der Waals surface area contributed by atoms with Gasteiger partial charge in [-0.3, -0.25) is 4.98 Å². The Hall–Kier alpha value is -3.13. The molecule has 0 radical (unpaired) electrons. The molecule has 4 heterocycles. The molecule has 128 valence electrons. The fourth-order valence-corrected chi connectivity index (χ4v) is 3.49. The van der Waals surface area contributed by atoms with Gasteiger partial charge in [0.05, 0.1) is 22.5 Å². The molecule has 0 atom stereocenters. The molecule has 0 aliphatic carbocycles. The fraction of sp³-hybridized carbons (Fsp3) is 0.111. The van der Waals surface area contributed by atoms with Gasteiger partial charge in [0.25, 0.3) is 0 Å². The fourth-order valence-electron chi connectivity index (χ4n) is 2.49. The highest BCUT2D eigenvalue weighted by Crippen LogP contribution is 2.34. The Morgan fingerprint density at radius 2 is 1.73 bits per heavy atom. The van der Waals surface area contributed by atoms with Gasteiger partial charge in [0.15, 0.2) is 11.6 Å². The molecule has 0 aromatic carbocycles. The van der Waals surface area contributed by atoms with Crippen LogP contribution in [0.15, 0.2) is 43.0 Å². The Balaban J connectivity index is 1.80. The average molecular weight is 364 g/mol. The van der Waals surface area contributed by atoms with Crippen molar-refractivity contribution < 1.29 is 4.39 Å². The number of thiazole rings is 1. The highest BCUT2D eigenvalue weighted by atomic mass is 32.1. The Kier molecular flexibility index (Phi) is 4.18. The third-order valence-electron chi connectivity index (χ3n) is 3.60. The second-order valence-electron chi connectivity index (χ2n) is 5.62. The summed E-state index contributed by atoms with van der Waals surface area (Å²) in [4.78, 5) is 26.8. The number of hydrogen-bond donors (Lipinski definition) is 0. The summed E-state index contributed by atoms with van der Waals surface area (Å²) < 4.78 is 13.5. The third-order valence-corrected chi connectivity index (χ3v) is 4.83. The van der Waals surface area contributed by atoms with Gasteiger partial charge in [-0.1, -0.05) is 0 Å². The van der Waals surface area contributed by atoms with Gasteiger partial charge in [-0.25, -0.2) is 29.3 Å². The van der Waals surface area contributed by atoms with Crippen LogP contribution in [0, 0.1) is 19.7 Å². The lowest BCUT2D eigenvalue weighted by atomic mass is 10.2. The van der Waals surface area contributed by atoms with Crippen molar-refractivity contribution in [2.24, 2.45) is 0 Å². The first-order chi connectivity index (χ1) is 12.6. The van der Waals surface area contributed by atoms with E-state index < -0.39 is 5.82 Å². The van der Waals surface area contributed by atoms with Crippen LogP contribution in [0.25, 0.3) is 32.8 Å².